The highest BCUT2D eigenvalue weighted by Crippen LogP contribution is 2.21. The largest absolute Gasteiger partial charge is 0.380 e. The van der Waals surface area contributed by atoms with Gasteiger partial charge in [-0.05, 0) is 40.0 Å². The van der Waals surface area contributed by atoms with Gasteiger partial charge in [-0.2, -0.15) is 0 Å². The lowest BCUT2D eigenvalue weighted by Gasteiger charge is -2.23. The lowest BCUT2D eigenvalue weighted by Crippen LogP contribution is -2.44. The van der Waals surface area contributed by atoms with E-state index in [-0.39, 0.29) is 5.54 Å². The van der Waals surface area contributed by atoms with Crippen molar-refractivity contribution in [2.75, 3.05) is 20.2 Å². The van der Waals surface area contributed by atoms with Crippen LogP contribution < -0.4 is 10.6 Å². The number of ether oxygens (including phenoxy) is 1. The Hall–Kier alpha value is -0.120. The first-order valence-corrected chi connectivity index (χ1v) is 6.04. The van der Waals surface area contributed by atoms with Crippen LogP contribution in [0, 0.1) is 0 Å². The summed E-state index contributed by atoms with van der Waals surface area (Å²) in [6, 6.07) is 0.566. The van der Waals surface area contributed by atoms with E-state index >= 15 is 0 Å². The molecule has 0 saturated heterocycles. The zero-order chi connectivity index (χ0) is 11.3. The fourth-order valence-corrected chi connectivity index (χ4v) is 2.14. The third-order valence-corrected chi connectivity index (χ3v) is 2.94. The Labute approximate surface area is 94.0 Å². The van der Waals surface area contributed by atoms with Crippen LogP contribution in [0.4, 0.5) is 0 Å². The van der Waals surface area contributed by atoms with Gasteiger partial charge in [-0.1, -0.05) is 0 Å². The highest BCUT2D eigenvalue weighted by Gasteiger charge is 2.26. The van der Waals surface area contributed by atoms with Crippen molar-refractivity contribution >= 4 is 0 Å². The molecule has 15 heavy (non-hydrogen) atoms. The van der Waals surface area contributed by atoms with Crippen molar-refractivity contribution in [3.8, 4) is 0 Å². The van der Waals surface area contributed by atoms with Gasteiger partial charge in [0, 0.05) is 31.8 Å². The molecule has 0 aromatic heterocycles. The van der Waals surface area contributed by atoms with E-state index in [0.29, 0.717) is 12.1 Å². The third kappa shape index (κ3) is 4.96. The lowest BCUT2D eigenvalue weighted by atomic mass is 10.1. The minimum Gasteiger partial charge on any atom is -0.380 e. The van der Waals surface area contributed by atoms with Gasteiger partial charge >= 0.3 is 0 Å². The van der Waals surface area contributed by atoms with Crippen LogP contribution in [-0.2, 0) is 4.74 Å². The summed E-state index contributed by atoms with van der Waals surface area (Å²) in [5, 5.41) is 7.04. The molecule has 1 aliphatic carbocycles. The molecule has 3 heteroatoms. The third-order valence-electron chi connectivity index (χ3n) is 2.94. The molecule has 0 spiro atoms. The van der Waals surface area contributed by atoms with E-state index in [1.54, 1.807) is 0 Å². The summed E-state index contributed by atoms with van der Waals surface area (Å²) in [6.45, 7) is 8.64. The molecule has 1 saturated carbocycles. The van der Waals surface area contributed by atoms with Crippen molar-refractivity contribution in [1.29, 1.82) is 0 Å². The Bertz CT molecular complexity index is 177. The van der Waals surface area contributed by atoms with Gasteiger partial charge in [0.25, 0.3) is 0 Å². The molecule has 1 aliphatic rings. The molecule has 0 radical (unpaired) electrons. The van der Waals surface area contributed by atoms with Crippen molar-refractivity contribution in [1.82, 2.24) is 10.6 Å². The SMILES string of the molecule is COC1CCCC1NCCNC(C)(C)C. The Morgan fingerprint density at radius 3 is 2.53 bits per heavy atom. The molecule has 0 aromatic rings. The van der Waals surface area contributed by atoms with E-state index in [1.165, 1.54) is 19.3 Å². The first-order valence-electron chi connectivity index (χ1n) is 6.04. The van der Waals surface area contributed by atoms with Gasteiger partial charge in [0.05, 0.1) is 6.10 Å². The summed E-state index contributed by atoms with van der Waals surface area (Å²) in [5.41, 5.74) is 0.220. The van der Waals surface area contributed by atoms with E-state index in [0.717, 1.165) is 13.1 Å². The second-order valence-corrected chi connectivity index (χ2v) is 5.44. The molecule has 1 rings (SSSR count). The second kappa shape index (κ2) is 5.83. The Morgan fingerprint density at radius 2 is 1.93 bits per heavy atom. The van der Waals surface area contributed by atoms with Crippen LogP contribution in [0.3, 0.4) is 0 Å². The molecular weight excluding hydrogens is 188 g/mol. The quantitative estimate of drug-likeness (QED) is 0.681. The second-order valence-electron chi connectivity index (χ2n) is 5.44. The Balaban J connectivity index is 2.09. The van der Waals surface area contributed by atoms with Crippen LogP contribution in [0.1, 0.15) is 40.0 Å². The van der Waals surface area contributed by atoms with Crippen LogP contribution in [-0.4, -0.2) is 37.9 Å². The highest BCUT2D eigenvalue weighted by molar-refractivity contribution is 4.84. The Morgan fingerprint density at radius 1 is 1.20 bits per heavy atom. The summed E-state index contributed by atoms with van der Waals surface area (Å²) in [5.74, 6) is 0. The average molecular weight is 214 g/mol. The zero-order valence-corrected chi connectivity index (χ0v) is 10.6. The van der Waals surface area contributed by atoms with Crippen molar-refractivity contribution < 1.29 is 4.74 Å². The van der Waals surface area contributed by atoms with Gasteiger partial charge in [0.15, 0.2) is 0 Å². The molecule has 1 fully saturated rings. The Kier molecular flexibility index (Phi) is 5.03. The van der Waals surface area contributed by atoms with Crippen molar-refractivity contribution in [2.45, 2.75) is 57.7 Å². The summed E-state index contributed by atoms with van der Waals surface area (Å²) in [6.07, 6.45) is 4.19. The average Bonchev–Trinajstić information content (AvgIpc) is 2.58. The predicted molar refractivity (Wildman–Crippen MR) is 64.2 cm³/mol. The van der Waals surface area contributed by atoms with E-state index in [1.807, 2.05) is 7.11 Å². The van der Waals surface area contributed by atoms with Gasteiger partial charge in [-0.15, -0.1) is 0 Å². The van der Waals surface area contributed by atoms with Crippen LogP contribution >= 0.6 is 0 Å². The first-order chi connectivity index (χ1) is 7.03. The summed E-state index contributed by atoms with van der Waals surface area (Å²) in [4.78, 5) is 0. The minimum absolute atomic E-state index is 0.220. The van der Waals surface area contributed by atoms with Gasteiger partial charge in [0.2, 0.25) is 0 Å². The standard InChI is InChI=1S/C12H26N2O/c1-12(2,3)14-9-8-13-10-6-5-7-11(10)15-4/h10-11,13-14H,5-9H2,1-4H3. The minimum atomic E-state index is 0.220. The maximum absolute atomic E-state index is 5.44. The molecular formula is C12H26N2O. The molecule has 3 nitrogen and oxygen atoms in total. The fraction of sp³-hybridized carbons (Fsp3) is 1.00. The van der Waals surface area contributed by atoms with Gasteiger partial charge < -0.3 is 15.4 Å². The number of hydrogen-bond acceptors (Lipinski definition) is 3. The van der Waals surface area contributed by atoms with Gasteiger partial charge in [-0.3, -0.25) is 0 Å². The molecule has 0 aromatic carbocycles. The van der Waals surface area contributed by atoms with Crippen LogP contribution in [0.15, 0.2) is 0 Å². The van der Waals surface area contributed by atoms with Gasteiger partial charge in [-0.25, -0.2) is 0 Å². The normalized spacial score (nSPS) is 27.2. The maximum atomic E-state index is 5.44. The van der Waals surface area contributed by atoms with Crippen LogP contribution in [0.2, 0.25) is 0 Å². The predicted octanol–water partition coefficient (Wildman–Crippen LogP) is 1.53. The summed E-state index contributed by atoms with van der Waals surface area (Å²) in [7, 11) is 1.82. The lowest BCUT2D eigenvalue weighted by molar-refractivity contribution is 0.0853. The molecule has 2 N–H and O–H groups in total. The van der Waals surface area contributed by atoms with E-state index in [4.69, 9.17) is 4.74 Å². The molecule has 0 aliphatic heterocycles. The molecule has 0 amide bonds. The molecule has 2 unspecified atom stereocenters. The molecule has 0 bridgehead atoms. The van der Waals surface area contributed by atoms with Gasteiger partial charge in [0.1, 0.15) is 0 Å². The summed E-state index contributed by atoms with van der Waals surface area (Å²) >= 11 is 0. The fourth-order valence-electron chi connectivity index (χ4n) is 2.14. The van der Waals surface area contributed by atoms with E-state index in [9.17, 15) is 0 Å². The summed E-state index contributed by atoms with van der Waals surface area (Å²) < 4.78 is 5.44. The molecule has 90 valence electrons. The number of methoxy groups -OCH3 is 1. The number of nitrogens with one attached hydrogen (secondary N) is 2. The van der Waals surface area contributed by atoms with Crippen LogP contribution in [0.25, 0.3) is 0 Å². The number of hydrogen-bond donors (Lipinski definition) is 2. The van der Waals surface area contributed by atoms with Crippen molar-refractivity contribution in [3.05, 3.63) is 0 Å². The highest BCUT2D eigenvalue weighted by atomic mass is 16.5. The first kappa shape index (κ1) is 12.9. The molecule has 0 heterocycles. The van der Waals surface area contributed by atoms with Crippen molar-refractivity contribution in [2.24, 2.45) is 0 Å². The molecule has 2 atom stereocenters. The zero-order valence-electron chi connectivity index (χ0n) is 10.6. The maximum Gasteiger partial charge on any atom is 0.0724 e. The van der Waals surface area contributed by atoms with Crippen LogP contribution in [0.5, 0.6) is 0 Å². The smallest absolute Gasteiger partial charge is 0.0724 e. The van der Waals surface area contributed by atoms with E-state index in [2.05, 4.69) is 31.4 Å². The topological polar surface area (TPSA) is 33.3 Å². The van der Waals surface area contributed by atoms with E-state index < -0.39 is 0 Å². The van der Waals surface area contributed by atoms with Crippen molar-refractivity contribution in [3.63, 3.8) is 0 Å². The monoisotopic (exact) mass is 214 g/mol. The number of rotatable bonds is 5.